The molecule has 2 rings (SSSR count). The molecule has 0 saturated heterocycles. The minimum Gasteiger partial charge on any atom is -0.237 e. The number of hydrogen-bond donors (Lipinski definition) is 2. The lowest BCUT2D eigenvalue weighted by atomic mass is 10.2. The van der Waals surface area contributed by atoms with Crippen molar-refractivity contribution in [2.45, 2.75) is 16.2 Å². The zero-order chi connectivity index (χ0) is 11.9. The fourth-order valence-electron chi connectivity index (χ4n) is 1.21. The van der Waals surface area contributed by atoms with Crippen LogP contribution >= 0.6 is 25.3 Å². The molecule has 0 amide bonds. The number of alkyl halides is 3. The Morgan fingerprint density at radius 3 is 2.06 bits per heavy atom. The number of benzene rings is 1. The average molecular weight is 262 g/mol. The predicted octanol–water partition coefficient (Wildman–Crippen LogP) is 3.23. The van der Waals surface area contributed by atoms with Crippen molar-refractivity contribution in [2.24, 2.45) is 0 Å². The Labute approximate surface area is 99.7 Å². The molecule has 0 bridgehead atoms. The molecule has 0 spiro atoms. The quantitative estimate of drug-likeness (QED) is 0.713. The van der Waals surface area contributed by atoms with Crippen LogP contribution in [0.25, 0.3) is 11.0 Å². The molecule has 16 heavy (non-hydrogen) atoms. The van der Waals surface area contributed by atoms with E-state index >= 15 is 0 Å². The Balaban J connectivity index is 2.67. The van der Waals surface area contributed by atoms with E-state index in [-0.39, 0.29) is 15.6 Å². The summed E-state index contributed by atoms with van der Waals surface area (Å²) >= 11 is 7.93. The van der Waals surface area contributed by atoms with Crippen molar-refractivity contribution in [3.8, 4) is 0 Å². The average Bonchev–Trinajstić information content (AvgIpc) is 2.17. The van der Waals surface area contributed by atoms with E-state index in [4.69, 9.17) is 0 Å². The lowest BCUT2D eigenvalue weighted by Crippen LogP contribution is -2.04. The van der Waals surface area contributed by atoms with Gasteiger partial charge in [0, 0.05) is 0 Å². The second-order valence-corrected chi connectivity index (χ2v) is 3.92. The van der Waals surface area contributed by atoms with Crippen molar-refractivity contribution in [1.82, 2.24) is 9.97 Å². The topological polar surface area (TPSA) is 25.8 Å². The minimum atomic E-state index is -4.38. The summed E-state index contributed by atoms with van der Waals surface area (Å²) < 4.78 is 37.2. The summed E-state index contributed by atoms with van der Waals surface area (Å²) in [5.74, 6) is 0. The van der Waals surface area contributed by atoms with Crippen LogP contribution in [0.4, 0.5) is 13.2 Å². The molecule has 0 atom stereocenters. The van der Waals surface area contributed by atoms with Crippen LogP contribution in [0.3, 0.4) is 0 Å². The van der Waals surface area contributed by atoms with Crippen molar-refractivity contribution >= 4 is 36.3 Å². The van der Waals surface area contributed by atoms with E-state index in [2.05, 4.69) is 35.2 Å². The number of halogens is 3. The highest BCUT2D eigenvalue weighted by molar-refractivity contribution is 7.83. The first-order valence-electron chi connectivity index (χ1n) is 4.15. The van der Waals surface area contributed by atoms with Crippen LogP contribution in [0, 0.1) is 0 Å². The second kappa shape index (κ2) is 3.81. The van der Waals surface area contributed by atoms with Crippen LogP contribution < -0.4 is 0 Å². The molecule has 1 heterocycles. The van der Waals surface area contributed by atoms with Gasteiger partial charge in [-0.1, -0.05) is 0 Å². The number of thiol groups is 2. The normalized spacial score (nSPS) is 12.1. The van der Waals surface area contributed by atoms with Crippen molar-refractivity contribution in [1.29, 1.82) is 0 Å². The van der Waals surface area contributed by atoms with Gasteiger partial charge in [0.25, 0.3) is 0 Å². The summed E-state index contributed by atoms with van der Waals surface area (Å²) in [6.07, 6.45) is -4.38. The Kier molecular flexibility index (Phi) is 2.75. The van der Waals surface area contributed by atoms with E-state index in [1.165, 1.54) is 6.07 Å². The third-order valence-electron chi connectivity index (χ3n) is 1.96. The largest absolute Gasteiger partial charge is 0.416 e. The fraction of sp³-hybridized carbons (Fsp3) is 0.111. The molecule has 84 valence electrons. The van der Waals surface area contributed by atoms with E-state index in [1.807, 2.05) is 0 Å². The van der Waals surface area contributed by atoms with Crippen LogP contribution in [-0.2, 0) is 6.18 Å². The summed E-state index contributed by atoms with van der Waals surface area (Å²) in [5, 5.41) is 0.491. The second-order valence-electron chi connectivity index (χ2n) is 3.07. The van der Waals surface area contributed by atoms with Crippen molar-refractivity contribution in [3.05, 3.63) is 23.8 Å². The van der Waals surface area contributed by atoms with Gasteiger partial charge >= 0.3 is 6.18 Å². The highest BCUT2D eigenvalue weighted by Crippen LogP contribution is 2.31. The van der Waals surface area contributed by atoms with Gasteiger partial charge in [0.2, 0.25) is 0 Å². The minimum absolute atomic E-state index is 0.151. The SMILES string of the molecule is FC(F)(F)c1ccc2nc(S)c(S)nc2c1. The highest BCUT2D eigenvalue weighted by Gasteiger charge is 2.30. The number of rotatable bonds is 0. The van der Waals surface area contributed by atoms with Crippen LogP contribution in [0.5, 0.6) is 0 Å². The lowest BCUT2D eigenvalue weighted by molar-refractivity contribution is -0.137. The van der Waals surface area contributed by atoms with Gasteiger partial charge in [-0.15, -0.1) is 25.3 Å². The van der Waals surface area contributed by atoms with E-state index in [9.17, 15) is 13.2 Å². The number of nitrogens with zero attached hydrogens (tertiary/aromatic N) is 2. The molecule has 0 aliphatic rings. The maximum Gasteiger partial charge on any atom is 0.416 e. The third-order valence-corrected chi connectivity index (χ3v) is 2.76. The maximum absolute atomic E-state index is 12.4. The Hall–Kier alpha value is -0.950. The molecule has 0 unspecified atom stereocenters. The fourth-order valence-corrected chi connectivity index (χ4v) is 1.53. The lowest BCUT2D eigenvalue weighted by Gasteiger charge is -2.07. The summed E-state index contributed by atoms with van der Waals surface area (Å²) in [4.78, 5) is 7.83. The zero-order valence-corrected chi connectivity index (χ0v) is 9.44. The van der Waals surface area contributed by atoms with Gasteiger partial charge in [-0.25, -0.2) is 9.97 Å². The first-order chi connectivity index (χ1) is 7.38. The molecular formula is C9H5F3N2S2. The van der Waals surface area contributed by atoms with Gasteiger partial charge < -0.3 is 0 Å². The zero-order valence-electron chi connectivity index (χ0n) is 7.65. The molecule has 2 nitrogen and oxygen atoms in total. The van der Waals surface area contributed by atoms with Crippen LogP contribution in [0.15, 0.2) is 28.3 Å². The van der Waals surface area contributed by atoms with Crippen molar-refractivity contribution in [2.75, 3.05) is 0 Å². The smallest absolute Gasteiger partial charge is 0.237 e. The third kappa shape index (κ3) is 2.10. The molecule has 0 radical (unpaired) electrons. The van der Waals surface area contributed by atoms with Crippen LogP contribution in [0.2, 0.25) is 0 Å². The molecule has 1 aromatic heterocycles. The van der Waals surface area contributed by atoms with E-state index in [1.54, 1.807) is 0 Å². The van der Waals surface area contributed by atoms with Crippen LogP contribution in [-0.4, -0.2) is 9.97 Å². The summed E-state index contributed by atoms with van der Waals surface area (Å²) in [5.41, 5.74) is -0.248. The summed E-state index contributed by atoms with van der Waals surface area (Å²) in [7, 11) is 0. The number of fused-ring (bicyclic) bond motifs is 1. The molecule has 2 aromatic rings. The molecule has 7 heteroatoms. The monoisotopic (exact) mass is 262 g/mol. The van der Waals surface area contributed by atoms with Gasteiger partial charge in [0.05, 0.1) is 16.6 Å². The molecular weight excluding hydrogens is 257 g/mol. The van der Waals surface area contributed by atoms with Gasteiger partial charge in [-0.2, -0.15) is 13.2 Å². The van der Waals surface area contributed by atoms with Gasteiger partial charge in [0.1, 0.15) is 10.1 Å². The van der Waals surface area contributed by atoms with E-state index in [0.29, 0.717) is 5.52 Å². The first kappa shape index (κ1) is 11.5. The Bertz CT molecular complexity index is 554. The summed E-state index contributed by atoms with van der Waals surface area (Å²) in [6.45, 7) is 0. The van der Waals surface area contributed by atoms with Gasteiger partial charge in [-0.05, 0) is 18.2 Å². The van der Waals surface area contributed by atoms with Gasteiger partial charge in [-0.3, -0.25) is 0 Å². The maximum atomic E-state index is 12.4. The molecule has 0 saturated carbocycles. The number of hydrogen-bond acceptors (Lipinski definition) is 4. The molecule has 0 N–H and O–H groups in total. The summed E-state index contributed by atoms with van der Waals surface area (Å²) in [6, 6.07) is 3.16. The van der Waals surface area contributed by atoms with Gasteiger partial charge in [0.15, 0.2) is 0 Å². The van der Waals surface area contributed by atoms with Crippen LogP contribution in [0.1, 0.15) is 5.56 Å². The molecule has 0 fully saturated rings. The van der Waals surface area contributed by atoms with Crippen molar-refractivity contribution < 1.29 is 13.2 Å². The molecule has 0 aliphatic heterocycles. The first-order valence-corrected chi connectivity index (χ1v) is 5.04. The molecule has 0 aliphatic carbocycles. The standard InChI is InChI=1S/C9H5F3N2S2/c10-9(11,12)4-1-2-5-6(3-4)14-8(16)7(15)13-5/h1-3H,(H,13,15)(H,14,16). The molecule has 1 aromatic carbocycles. The van der Waals surface area contributed by atoms with E-state index in [0.717, 1.165) is 12.1 Å². The predicted molar refractivity (Wildman–Crippen MR) is 59.0 cm³/mol. The van der Waals surface area contributed by atoms with Crippen molar-refractivity contribution in [3.63, 3.8) is 0 Å². The number of aromatic nitrogens is 2. The van der Waals surface area contributed by atoms with E-state index < -0.39 is 11.7 Å². The highest BCUT2D eigenvalue weighted by atomic mass is 32.1. The Morgan fingerprint density at radius 2 is 1.50 bits per heavy atom. The Morgan fingerprint density at radius 1 is 0.938 bits per heavy atom.